The highest BCUT2D eigenvalue weighted by atomic mass is 16.5. The van der Waals surface area contributed by atoms with E-state index >= 15 is 0 Å². The summed E-state index contributed by atoms with van der Waals surface area (Å²) in [5.74, 6) is 0.0735. The molecule has 0 bridgehead atoms. The zero-order valence-corrected chi connectivity index (χ0v) is 11.7. The number of carbonyl (C=O) groups excluding carboxylic acids is 2. The number of nitrogens with two attached hydrogens (primary N) is 1. The van der Waals surface area contributed by atoms with Crippen molar-refractivity contribution >= 4 is 18.2 Å². The fourth-order valence-corrected chi connectivity index (χ4v) is 2.49. The molecule has 6 nitrogen and oxygen atoms in total. The Morgan fingerprint density at radius 1 is 1.24 bits per heavy atom. The van der Waals surface area contributed by atoms with Gasteiger partial charge in [-0.05, 0) is 49.9 Å². The number of amidine groups is 1. The first-order chi connectivity index (χ1) is 10.1. The largest absolute Gasteiger partial charge is 0.426 e. The van der Waals surface area contributed by atoms with Crippen molar-refractivity contribution in [2.75, 3.05) is 0 Å². The zero-order valence-electron chi connectivity index (χ0n) is 11.7. The lowest BCUT2D eigenvalue weighted by Crippen LogP contribution is -2.35. The summed E-state index contributed by atoms with van der Waals surface area (Å²) in [6.45, 7) is 0. The van der Waals surface area contributed by atoms with Crippen molar-refractivity contribution in [1.29, 1.82) is 5.41 Å². The normalized spacial score (nSPS) is 21.3. The van der Waals surface area contributed by atoms with Gasteiger partial charge in [0.2, 0.25) is 6.41 Å². The molecule has 1 amide bonds. The summed E-state index contributed by atoms with van der Waals surface area (Å²) in [7, 11) is 0. The summed E-state index contributed by atoms with van der Waals surface area (Å²) >= 11 is 0. The number of nitrogen functional groups attached to an aromatic ring is 1. The second kappa shape index (κ2) is 6.88. The van der Waals surface area contributed by atoms with Gasteiger partial charge in [-0.25, -0.2) is 0 Å². The van der Waals surface area contributed by atoms with E-state index in [4.69, 9.17) is 15.9 Å². The minimum atomic E-state index is -0.241. The summed E-state index contributed by atoms with van der Waals surface area (Å²) in [6, 6.07) is 6.73. The summed E-state index contributed by atoms with van der Waals surface area (Å²) in [4.78, 5) is 22.5. The molecule has 1 fully saturated rings. The standard InChI is InChI=1S/C15H19N3O3/c16-14(17)10-3-7-13(8-4-10)21-15(20)11-1-5-12(6-2-11)18-9-19/h3-4,7-9,11-12H,1-2,5-6H2,(H3,16,17)(H,18,19). The molecule has 1 aromatic rings. The molecule has 2 rings (SSSR count). The SMILES string of the molecule is N=C(N)c1ccc(OC(=O)C2CCC(NC=O)CC2)cc1. The van der Waals surface area contributed by atoms with Crippen molar-refractivity contribution in [3.8, 4) is 5.75 Å². The van der Waals surface area contributed by atoms with Gasteiger partial charge >= 0.3 is 5.97 Å². The third-order valence-corrected chi connectivity index (χ3v) is 3.75. The van der Waals surface area contributed by atoms with Gasteiger partial charge in [-0.1, -0.05) is 0 Å². The molecule has 0 aromatic heterocycles. The van der Waals surface area contributed by atoms with Gasteiger partial charge < -0.3 is 15.8 Å². The Bertz CT molecular complexity index is 519. The average Bonchev–Trinajstić information content (AvgIpc) is 2.49. The van der Waals surface area contributed by atoms with E-state index in [1.165, 1.54) is 0 Å². The average molecular weight is 289 g/mol. The van der Waals surface area contributed by atoms with E-state index in [0.717, 1.165) is 25.7 Å². The first-order valence-electron chi connectivity index (χ1n) is 6.96. The van der Waals surface area contributed by atoms with Crippen LogP contribution in [0.3, 0.4) is 0 Å². The second-order valence-corrected chi connectivity index (χ2v) is 5.19. The van der Waals surface area contributed by atoms with Crippen LogP contribution in [0.5, 0.6) is 5.75 Å². The quantitative estimate of drug-likeness (QED) is 0.249. The lowest BCUT2D eigenvalue weighted by Gasteiger charge is -2.26. The van der Waals surface area contributed by atoms with E-state index < -0.39 is 0 Å². The van der Waals surface area contributed by atoms with Crippen LogP contribution in [-0.4, -0.2) is 24.3 Å². The molecule has 0 heterocycles. The van der Waals surface area contributed by atoms with E-state index in [0.29, 0.717) is 17.7 Å². The number of esters is 1. The number of ether oxygens (including phenoxy) is 1. The Hall–Kier alpha value is -2.37. The number of hydrogen-bond acceptors (Lipinski definition) is 4. The molecule has 112 valence electrons. The van der Waals surface area contributed by atoms with E-state index in [2.05, 4.69) is 5.32 Å². The first-order valence-corrected chi connectivity index (χ1v) is 6.96. The van der Waals surface area contributed by atoms with Gasteiger partial charge in [0, 0.05) is 11.6 Å². The van der Waals surface area contributed by atoms with Gasteiger partial charge in [0.15, 0.2) is 0 Å². The van der Waals surface area contributed by atoms with E-state index in [-0.39, 0.29) is 23.8 Å². The van der Waals surface area contributed by atoms with Crippen LogP contribution < -0.4 is 15.8 Å². The summed E-state index contributed by atoms with van der Waals surface area (Å²) < 4.78 is 5.34. The van der Waals surface area contributed by atoms with E-state index in [1.54, 1.807) is 24.3 Å². The van der Waals surface area contributed by atoms with Crippen LogP contribution in [0, 0.1) is 11.3 Å². The van der Waals surface area contributed by atoms with Crippen LogP contribution in [-0.2, 0) is 9.59 Å². The summed E-state index contributed by atoms with van der Waals surface area (Å²) in [5.41, 5.74) is 5.96. The third kappa shape index (κ3) is 4.05. The fraction of sp³-hybridized carbons (Fsp3) is 0.400. The molecule has 0 unspecified atom stereocenters. The van der Waals surface area contributed by atoms with Gasteiger partial charge in [-0.3, -0.25) is 15.0 Å². The Morgan fingerprint density at radius 2 is 1.86 bits per heavy atom. The minimum absolute atomic E-state index is 0.0196. The van der Waals surface area contributed by atoms with Crippen molar-refractivity contribution in [3.63, 3.8) is 0 Å². The molecule has 0 radical (unpaired) electrons. The van der Waals surface area contributed by atoms with Gasteiger partial charge in [0.05, 0.1) is 5.92 Å². The van der Waals surface area contributed by atoms with Crippen LogP contribution in [0.4, 0.5) is 0 Å². The number of rotatable bonds is 5. The van der Waals surface area contributed by atoms with Crippen molar-refractivity contribution in [2.45, 2.75) is 31.7 Å². The maximum Gasteiger partial charge on any atom is 0.314 e. The number of nitrogens with one attached hydrogen (secondary N) is 2. The highest BCUT2D eigenvalue weighted by Gasteiger charge is 2.27. The third-order valence-electron chi connectivity index (χ3n) is 3.75. The summed E-state index contributed by atoms with van der Waals surface area (Å²) in [6.07, 6.45) is 3.73. The van der Waals surface area contributed by atoms with Crippen molar-refractivity contribution in [3.05, 3.63) is 29.8 Å². The lowest BCUT2D eigenvalue weighted by molar-refractivity contribution is -0.140. The number of hydrogen-bond donors (Lipinski definition) is 3. The van der Waals surface area contributed by atoms with Crippen LogP contribution >= 0.6 is 0 Å². The Morgan fingerprint density at radius 3 is 2.38 bits per heavy atom. The highest BCUT2D eigenvalue weighted by Crippen LogP contribution is 2.26. The second-order valence-electron chi connectivity index (χ2n) is 5.19. The van der Waals surface area contributed by atoms with Crippen molar-refractivity contribution in [2.24, 2.45) is 11.7 Å². The molecule has 0 aliphatic heterocycles. The molecule has 1 aliphatic rings. The smallest absolute Gasteiger partial charge is 0.314 e. The van der Waals surface area contributed by atoms with Crippen LogP contribution in [0.2, 0.25) is 0 Å². The van der Waals surface area contributed by atoms with Crippen LogP contribution in [0.25, 0.3) is 0 Å². The van der Waals surface area contributed by atoms with Crippen LogP contribution in [0.15, 0.2) is 24.3 Å². The molecule has 1 aromatic carbocycles. The lowest BCUT2D eigenvalue weighted by atomic mass is 9.86. The number of carbonyl (C=O) groups is 2. The maximum atomic E-state index is 12.1. The van der Waals surface area contributed by atoms with Crippen molar-refractivity contribution in [1.82, 2.24) is 5.32 Å². The van der Waals surface area contributed by atoms with Gasteiger partial charge in [-0.2, -0.15) is 0 Å². The minimum Gasteiger partial charge on any atom is -0.426 e. The van der Waals surface area contributed by atoms with E-state index in [1.807, 2.05) is 0 Å². The molecule has 0 atom stereocenters. The predicted molar refractivity (Wildman–Crippen MR) is 78.0 cm³/mol. The molecule has 21 heavy (non-hydrogen) atoms. The molecule has 0 saturated heterocycles. The predicted octanol–water partition coefficient (Wildman–Crippen LogP) is 1.18. The Balaban J connectivity index is 1.87. The monoisotopic (exact) mass is 289 g/mol. The highest BCUT2D eigenvalue weighted by molar-refractivity contribution is 5.95. The molecule has 6 heteroatoms. The number of benzene rings is 1. The molecule has 1 saturated carbocycles. The maximum absolute atomic E-state index is 12.1. The zero-order chi connectivity index (χ0) is 15.2. The van der Waals surface area contributed by atoms with Gasteiger partial charge in [0.25, 0.3) is 0 Å². The van der Waals surface area contributed by atoms with E-state index in [9.17, 15) is 9.59 Å². The molecular formula is C15H19N3O3. The Labute approximate surface area is 123 Å². The number of amides is 1. The summed E-state index contributed by atoms with van der Waals surface area (Å²) in [5, 5.41) is 10.0. The fourth-order valence-electron chi connectivity index (χ4n) is 2.49. The molecule has 1 aliphatic carbocycles. The topological polar surface area (TPSA) is 105 Å². The van der Waals surface area contributed by atoms with Gasteiger partial charge in [0.1, 0.15) is 11.6 Å². The van der Waals surface area contributed by atoms with Gasteiger partial charge in [-0.15, -0.1) is 0 Å². The molecular weight excluding hydrogens is 270 g/mol. The van der Waals surface area contributed by atoms with Crippen molar-refractivity contribution < 1.29 is 14.3 Å². The first kappa shape index (κ1) is 15.0. The Kier molecular flexibility index (Phi) is 4.92. The molecule has 4 N–H and O–H groups in total. The molecule has 0 spiro atoms. The van der Waals surface area contributed by atoms with Crippen LogP contribution in [0.1, 0.15) is 31.2 Å².